The van der Waals surface area contributed by atoms with E-state index in [1.807, 2.05) is 24.3 Å². The van der Waals surface area contributed by atoms with E-state index in [4.69, 9.17) is 9.47 Å². The van der Waals surface area contributed by atoms with Gasteiger partial charge in [-0.15, -0.1) is 0 Å². The van der Waals surface area contributed by atoms with Crippen LogP contribution in [0.25, 0.3) is 0 Å². The number of para-hydroxylation sites is 1. The lowest BCUT2D eigenvalue weighted by atomic mass is 10.2. The highest BCUT2D eigenvalue weighted by molar-refractivity contribution is 5.82. The van der Waals surface area contributed by atoms with Gasteiger partial charge in [0.25, 0.3) is 0 Å². The molecule has 1 heterocycles. The molecule has 1 amide bonds. The summed E-state index contributed by atoms with van der Waals surface area (Å²) in [6, 6.07) is 7.54. The summed E-state index contributed by atoms with van der Waals surface area (Å²) in [6.45, 7) is 7.16. The third kappa shape index (κ3) is 5.02. The second kappa shape index (κ2) is 8.00. The number of carbonyl (C=O) groups is 1. The summed E-state index contributed by atoms with van der Waals surface area (Å²) in [5.74, 6) is 1.27. The van der Waals surface area contributed by atoms with E-state index in [2.05, 4.69) is 24.5 Å². The first-order valence-corrected chi connectivity index (χ1v) is 7.46. The topological polar surface area (TPSA) is 59.6 Å². The van der Waals surface area contributed by atoms with Gasteiger partial charge in [-0.1, -0.05) is 32.0 Å². The van der Waals surface area contributed by atoms with Crippen LogP contribution in [0, 0.1) is 5.92 Å². The van der Waals surface area contributed by atoms with E-state index in [1.54, 1.807) is 0 Å². The molecule has 0 spiro atoms. The van der Waals surface area contributed by atoms with Crippen LogP contribution in [0.4, 0.5) is 0 Å². The fraction of sp³-hybridized carbons (Fsp3) is 0.562. The van der Waals surface area contributed by atoms with Gasteiger partial charge in [0.15, 0.2) is 0 Å². The predicted molar refractivity (Wildman–Crippen MR) is 81.2 cm³/mol. The van der Waals surface area contributed by atoms with Crippen molar-refractivity contribution in [2.45, 2.75) is 26.4 Å². The van der Waals surface area contributed by atoms with E-state index >= 15 is 0 Å². The van der Waals surface area contributed by atoms with Gasteiger partial charge in [-0.05, 0) is 12.0 Å². The number of rotatable bonds is 6. The minimum absolute atomic E-state index is 0.0339. The fourth-order valence-corrected chi connectivity index (χ4v) is 2.09. The SMILES string of the molecule is CC(C)COc1ccccc1CNC(=O)C1COCCN1. The Morgan fingerprint density at radius 3 is 3.00 bits per heavy atom. The standard InChI is InChI=1S/C16H24N2O3/c1-12(2)10-21-15-6-4-3-5-13(15)9-18-16(19)14-11-20-8-7-17-14/h3-6,12,14,17H,7-11H2,1-2H3,(H,18,19). The van der Waals surface area contributed by atoms with E-state index in [0.717, 1.165) is 11.3 Å². The number of carbonyl (C=O) groups excluding carboxylic acids is 1. The molecular weight excluding hydrogens is 268 g/mol. The van der Waals surface area contributed by atoms with Crippen LogP contribution in [0.1, 0.15) is 19.4 Å². The minimum atomic E-state index is -0.262. The van der Waals surface area contributed by atoms with Crippen molar-refractivity contribution in [2.75, 3.05) is 26.4 Å². The quantitative estimate of drug-likeness (QED) is 0.830. The fourth-order valence-electron chi connectivity index (χ4n) is 2.09. The Morgan fingerprint density at radius 1 is 1.48 bits per heavy atom. The molecule has 1 atom stereocenters. The van der Waals surface area contributed by atoms with Gasteiger partial charge in [0.05, 0.1) is 19.8 Å². The number of ether oxygens (including phenoxy) is 2. The van der Waals surface area contributed by atoms with Crippen molar-refractivity contribution in [1.29, 1.82) is 0 Å². The van der Waals surface area contributed by atoms with E-state index in [1.165, 1.54) is 0 Å². The highest BCUT2D eigenvalue weighted by atomic mass is 16.5. The van der Waals surface area contributed by atoms with Crippen LogP contribution < -0.4 is 15.4 Å². The van der Waals surface area contributed by atoms with Gasteiger partial charge in [0, 0.05) is 18.7 Å². The van der Waals surface area contributed by atoms with Crippen LogP contribution in [0.15, 0.2) is 24.3 Å². The molecule has 2 rings (SSSR count). The predicted octanol–water partition coefficient (Wildman–Crippen LogP) is 1.33. The molecule has 1 aromatic rings. The van der Waals surface area contributed by atoms with Gasteiger partial charge in [-0.25, -0.2) is 0 Å². The lowest BCUT2D eigenvalue weighted by Crippen LogP contribution is -2.51. The van der Waals surface area contributed by atoms with Gasteiger partial charge in [0.2, 0.25) is 5.91 Å². The average molecular weight is 292 g/mol. The summed E-state index contributed by atoms with van der Waals surface area (Å²) >= 11 is 0. The summed E-state index contributed by atoms with van der Waals surface area (Å²) in [7, 11) is 0. The molecule has 5 nitrogen and oxygen atoms in total. The Bertz CT molecular complexity index is 457. The van der Waals surface area contributed by atoms with Crippen LogP contribution in [0.5, 0.6) is 5.75 Å². The molecule has 5 heteroatoms. The van der Waals surface area contributed by atoms with Crippen molar-refractivity contribution < 1.29 is 14.3 Å². The number of hydrogen-bond acceptors (Lipinski definition) is 4. The molecule has 116 valence electrons. The van der Waals surface area contributed by atoms with Crippen molar-refractivity contribution in [3.05, 3.63) is 29.8 Å². The summed E-state index contributed by atoms with van der Waals surface area (Å²) in [6.07, 6.45) is 0. The number of morpholine rings is 1. The summed E-state index contributed by atoms with van der Waals surface area (Å²) in [5.41, 5.74) is 0.989. The Kier molecular flexibility index (Phi) is 6.02. The van der Waals surface area contributed by atoms with E-state index in [0.29, 0.717) is 38.8 Å². The number of benzene rings is 1. The Hall–Kier alpha value is -1.59. The van der Waals surface area contributed by atoms with Crippen molar-refractivity contribution in [2.24, 2.45) is 5.92 Å². The summed E-state index contributed by atoms with van der Waals surface area (Å²) < 4.78 is 11.1. The molecular formula is C16H24N2O3. The second-order valence-electron chi connectivity index (χ2n) is 5.61. The maximum Gasteiger partial charge on any atom is 0.239 e. The first kappa shape index (κ1) is 15.8. The zero-order chi connectivity index (χ0) is 15.1. The molecule has 0 saturated carbocycles. The summed E-state index contributed by atoms with van der Waals surface area (Å²) in [5, 5.41) is 6.08. The van der Waals surface area contributed by atoms with Crippen LogP contribution >= 0.6 is 0 Å². The zero-order valence-electron chi connectivity index (χ0n) is 12.7. The molecule has 1 aromatic carbocycles. The van der Waals surface area contributed by atoms with Gasteiger partial charge in [0.1, 0.15) is 11.8 Å². The number of nitrogens with one attached hydrogen (secondary N) is 2. The molecule has 1 aliphatic heterocycles. The molecule has 0 bridgehead atoms. The molecule has 1 aliphatic rings. The third-order valence-electron chi connectivity index (χ3n) is 3.24. The van der Waals surface area contributed by atoms with Crippen LogP contribution in [-0.4, -0.2) is 38.3 Å². The third-order valence-corrected chi connectivity index (χ3v) is 3.24. The largest absolute Gasteiger partial charge is 0.493 e. The van der Waals surface area contributed by atoms with Crippen LogP contribution in [0.3, 0.4) is 0 Å². The number of hydrogen-bond donors (Lipinski definition) is 2. The smallest absolute Gasteiger partial charge is 0.239 e. The van der Waals surface area contributed by atoms with Crippen LogP contribution in [0.2, 0.25) is 0 Å². The highest BCUT2D eigenvalue weighted by Gasteiger charge is 2.20. The van der Waals surface area contributed by atoms with Crippen molar-refractivity contribution in [1.82, 2.24) is 10.6 Å². The van der Waals surface area contributed by atoms with Crippen molar-refractivity contribution in [3.63, 3.8) is 0 Å². The lowest BCUT2D eigenvalue weighted by molar-refractivity contribution is -0.126. The minimum Gasteiger partial charge on any atom is -0.493 e. The van der Waals surface area contributed by atoms with E-state index in [9.17, 15) is 4.79 Å². The van der Waals surface area contributed by atoms with Gasteiger partial charge >= 0.3 is 0 Å². The van der Waals surface area contributed by atoms with Gasteiger partial charge in [-0.2, -0.15) is 0 Å². The monoisotopic (exact) mass is 292 g/mol. The van der Waals surface area contributed by atoms with E-state index < -0.39 is 0 Å². The zero-order valence-corrected chi connectivity index (χ0v) is 12.7. The average Bonchev–Trinajstić information content (AvgIpc) is 2.52. The van der Waals surface area contributed by atoms with Crippen molar-refractivity contribution in [3.8, 4) is 5.75 Å². The normalized spacial score (nSPS) is 18.5. The first-order chi connectivity index (χ1) is 10.2. The molecule has 1 saturated heterocycles. The Morgan fingerprint density at radius 2 is 2.29 bits per heavy atom. The summed E-state index contributed by atoms with van der Waals surface area (Å²) in [4.78, 5) is 12.1. The molecule has 0 aromatic heterocycles. The molecule has 21 heavy (non-hydrogen) atoms. The Labute approximate surface area is 126 Å². The molecule has 2 N–H and O–H groups in total. The maximum atomic E-state index is 12.1. The maximum absolute atomic E-state index is 12.1. The molecule has 0 aliphatic carbocycles. The molecule has 1 fully saturated rings. The van der Waals surface area contributed by atoms with Crippen molar-refractivity contribution >= 4 is 5.91 Å². The molecule has 0 radical (unpaired) electrons. The number of amides is 1. The molecule has 1 unspecified atom stereocenters. The Balaban J connectivity index is 1.88. The van der Waals surface area contributed by atoms with E-state index in [-0.39, 0.29) is 11.9 Å². The second-order valence-corrected chi connectivity index (χ2v) is 5.61. The van der Waals surface area contributed by atoms with Gasteiger partial charge < -0.3 is 20.1 Å². The van der Waals surface area contributed by atoms with Crippen LogP contribution in [-0.2, 0) is 16.1 Å². The van der Waals surface area contributed by atoms with Gasteiger partial charge in [-0.3, -0.25) is 4.79 Å². The lowest BCUT2D eigenvalue weighted by Gasteiger charge is -2.23. The first-order valence-electron chi connectivity index (χ1n) is 7.46. The highest BCUT2D eigenvalue weighted by Crippen LogP contribution is 2.18.